The Kier molecular flexibility index (Phi) is 4.42. The first kappa shape index (κ1) is 14.8. The van der Waals surface area contributed by atoms with Crippen LogP contribution in [0.4, 0.5) is 0 Å². The number of benzene rings is 1. The molecule has 2 atom stereocenters. The summed E-state index contributed by atoms with van der Waals surface area (Å²) in [6.07, 6.45) is 1.06. The molecule has 0 fully saturated rings. The number of nitrogens with one attached hydrogen (secondary N) is 1. The van der Waals surface area contributed by atoms with Crippen molar-refractivity contribution in [1.82, 2.24) is 5.32 Å². The Labute approximate surface area is 122 Å². The average Bonchev–Trinajstić information content (AvgIpc) is 2.97. The van der Waals surface area contributed by atoms with Crippen LogP contribution in [-0.2, 0) is 0 Å². The lowest BCUT2D eigenvalue weighted by Crippen LogP contribution is -2.36. The molecule has 0 aliphatic carbocycles. The van der Waals surface area contributed by atoms with Crippen LogP contribution in [0.5, 0.6) is 0 Å². The Morgan fingerprint density at radius 2 is 1.86 bits per heavy atom. The van der Waals surface area contributed by atoms with Crippen molar-refractivity contribution in [2.24, 2.45) is 0 Å². The van der Waals surface area contributed by atoms with Crippen molar-refractivity contribution in [2.45, 2.75) is 25.8 Å². The Morgan fingerprint density at radius 3 is 2.43 bits per heavy atom. The number of hydrogen-bond donors (Lipinski definition) is 2. The minimum absolute atomic E-state index is 0.000452. The lowest BCUT2D eigenvalue weighted by atomic mass is 9.94. The fourth-order valence-corrected chi connectivity index (χ4v) is 2.02. The number of furan rings is 1. The SMILES string of the molecule is CC(NC(=O)c1cc(C(=O)O)co1)C(C)c1ccccc1. The van der Waals surface area contributed by atoms with Crippen molar-refractivity contribution >= 4 is 11.9 Å². The Bertz CT molecular complexity index is 633. The smallest absolute Gasteiger partial charge is 0.338 e. The van der Waals surface area contributed by atoms with Crippen LogP contribution in [0.1, 0.15) is 46.2 Å². The van der Waals surface area contributed by atoms with Gasteiger partial charge in [0.1, 0.15) is 6.26 Å². The third-order valence-electron chi connectivity index (χ3n) is 3.50. The molecule has 110 valence electrons. The molecule has 5 heteroatoms. The second-order valence-electron chi connectivity index (χ2n) is 4.97. The fraction of sp³-hybridized carbons (Fsp3) is 0.250. The molecule has 2 aromatic rings. The first-order valence-corrected chi connectivity index (χ1v) is 6.66. The molecule has 2 unspecified atom stereocenters. The Balaban J connectivity index is 2.03. The molecule has 1 amide bonds. The maximum Gasteiger partial charge on any atom is 0.338 e. The molecule has 0 spiro atoms. The first-order chi connectivity index (χ1) is 9.99. The highest BCUT2D eigenvalue weighted by molar-refractivity contribution is 5.95. The summed E-state index contributed by atoms with van der Waals surface area (Å²) in [5.41, 5.74) is 1.08. The molecule has 5 nitrogen and oxygen atoms in total. The third kappa shape index (κ3) is 3.51. The molecule has 1 aromatic heterocycles. The van der Waals surface area contributed by atoms with Gasteiger partial charge in [0.05, 0.1) is 5.56 Å². The Morgan fingerprint density at radius 1 is 1.19 bits per heavy atom. The van der Waals surface area contributed by atoms with Gasteiger partial charge in [-0.25, -0.2) is 4.79 Å². The number of rotatable bonds is 5. The molecule has 2 N–H and O–H groups in total. The predicted molar refractivity (Wildman–Crippen MR) is 77.5 cm³/mol. The lowest BCUT2D eigenvalue weighted by Gasteiger charge is -2.21. The molecule has 2 rings (SSSR count). The molecule has 0 radical (unpaired) electrons. The van der Waals surface area contributed by atoms with Gasteiger partial charge in [0.15, 0.2) is 5.76 Å². The van der Waals surface area contributed by atoms with E-state index in [0.717, 1.165) is 11.8 Å². The molecular weight excluding hydrogens is 270 g/mol. The number of carboxylic acid groups (broad SMARTS) is 1. The molecule has 0 saturated heterocycles. The third-order valence-corrected chi connectivity index (χ3v) is 3.50. The molecule has 1 aromatic carbocycles. The summed E-state index contributed by atoms with van der Waals surface area (Å²) in [4.78, 5) is 22.8. The summed E-state index contributed by atoms with van der Waals surface area (Å²) < 4.78 is 4.98. The zero-order valence-electron chi connectivity index (χ0n) is 11.9. The van der Waals surface area contributed by atoms with E-state index in [1.165, 1.54) is 6.07 Å². The number of aromatic carboxylic acids is 1. The maximum atomic E-state index is 12.0. The molecule has 21 heavy (non-hydrogen) atoms. The highest BCUT2D eigenvalue weighted by Gasteiger charge is 2.20. The summed E-state index contributed by atoms with van der Waals surface area (Å²) in [6.45, 7) is 3.92. The van der Waals surface area contributed by atoms with Crippen LogP contribution < -0.4 is 5.32 Å². The van der Waals surface area contributed by atoms with E-state index in [4.69, 9.17) is 9.52 Å². The summed E-state index contributed by atoms with van der Waals surface area (Å²) in [7, 11) is 0. The minimum atomic E-state index is -1.12. The molecule has 0 bridgehead atoms. The maximum absolute atomic E-state index is 12.0. The highest BCUT2D eigenvalue weighted by atomic mass is 16.4. The van der Waals surface area contributed by atoms with Crippen LogP contribution in [0, 0.1) is 0 Å². The number of amides is 1. The van der Waals surface area contributed by atoms with Gasteiger partial charge < -0.3 is 14.8 Å². The average molecular weight is 287 g/mol. The molecule has 0 aliphatic heterocycles. The van der Waals surface area contributed by atoms with E-state index in [-0.39, 0.29) is 23.3 Å². The summed E-state index contributed by atoms with van der Waals surface area (Å²) in [5, 5.41) is 11.6. The van der Waals surface area contributed by atoms with Crippen molar-refractivity contribution in [3.63, 3.8) is 0 Å². The van der Waals surface area contributed by atoms with Gasteiger partial charge >= 0.3 is 5.97 Å². The fourth-order valence-electron chi connectivity index (χ4n) is 2.02. The first-order valence-electron chi connectivity index (χ1n) is 6.66. The van der Waals surface area contributed by atoms with Crippen LogP contribution in [0.2, 0.25) is 0 Å². The van der Waals surface area contributed by atoms with Crippen LogP contribution in [0.25, 0.3) is 0 Å². The van der Waals surface area contributed by atoms with Gasteiger partial charge in [0.25, 0.3) is 5.91 Å². The Hall–Kier alpha value is -2.56. The quantitative estimate of drug-likeness (QED) is 0.886. The van der Waals surface area contributed by atoms with Crippen LogP contribution >= 0.6 is 0 Å². The van der Waals surface area contributed by atoms with Gasteiger partial charge in [-0.05, 0) is 12.5 Å². The normalized spacial score (nSPS) is 13.4. The van der Waals surface area contributed by atoms with Crippen molar-refractivity contribution in [3.8, 4) is 0 Å². The van der Waals surface area contributed by atoms with E-state index in [1.807, 2.05) is 44.2 Å². The van der Waals surface area contributed by atoms with E-state index < -0.39 is 11.9 Å². The van der Waals surface area contributed by atoms with Crippen LogP contribution in [0.3, 0.4) is 0 Å². The second kappa shape index (κ2) is 6.26. The van der Waals surface area contributed by atoms with Gasteiger partial charge in [-0.2, -0.15) is 0 Å². The monoisotopic (exact) mass is 287 g/mol. The van der Waals surface area contributed by atoms with E-state index in [9.17, 15) is 9.59 Å². The highest BCUT2D eigenvalue weighted by Crippen LogP contribution is 2.19. The lowest BCUT2D eigenvalue weighted by molar-refractivity contribution is 0.0695. The minimum Gasteiger partial charge on any atom is -0.478 e. The summed E-state index contributed by atoms with van der Waals surface area (Å²) in [6, 6.07) is 11.0. The molecular formula is C16H17NO4. The standard InChI is InChI=1S/C16H17NO4/c1-10(12-6-4-3-5-7-12)11(2)17-15(18)14-8-13(9-21-14)16(19)20/h3-11H,1-2H3,(H,17,18)(H,19,20). The van der Waals surface area contributed by atoms with Crippen molar-refractivity contribution in [2.75, 3.05) is 0 Å². The zero-order chi connectivity index (χ0) is 15.4. The second-order valence-corrected chi connectivity index (χ2v) is 4.97. The number of hydrogen-bond acceptors (Lipinski definition) is 3. The molecule has 1 heterocycles. The van der Waals surface area contributed by atoms with Gasteiger partial charge in [-0.1, -0.05) is 37.3 Å². The van der Waals surface area contributed by atoms with Crippen LogP contribution in [-0.4, -0.2) is 23.0 Å². The zero-order valence-corrected chi connectivity index (χ0v) is 11.9. The van der Waals surface area contributed by atoms with E-state index in [0.29, 0.717) is 0 Å². The predicted octanol–water partition coefficient (Wildman–Crippen LogP) is 2.90. The van der Waals surface area contributed by atoms with E-state index in [2.05, 4.69) is 5.32 Å². The van der Waals surface area contributed by atoms with Crippen molar-refractivity contribution in [3.05, 3.63) is 59.5 Å². The number of carbonyl (C=O) groups excluding carboxylic acids is 1. The van der Waals surface area contributed by atoms with Gasteiger partial charge in [-0.15, -0.1) is 0 Å². The van der Waals surface area contributed by atoms with Crippen LogP contribution in [0.15, 0.2) is 47.1 Å². The molecule has 0 saturated carbocycles. The van der Waals surface area contributed by atoms with Crippen molar-refractivity contribution < 1.29 is 19.1 Å². The van der Waals surface area contributed by atoms with Gasteiger partial charge in [0, 0.05) is 18.0 Å². The number of carboxylic acids is 1. The largest absolute Gasteiger partial charge is 0.478 e. The van der Waals surface area contributed by atoms with Crippen molar-refractivity contribution in [1.29, 1.82) is 0 Å². The van der Waals surface area contributed by atoms with Gasteiger partial charge in [-0.3, -0.25) is 4.79 Å². The summed E-state index contributed by atoms with van der Waals surface area (Å²) in [5.74, 6) is -1.41. The topological polar surface area (TPSA) is 79.5 Å². The number of carbonyl (C=O) groups is 2. The summed E-state index contributed by atoms with van der Waals surface area (Å²) >= 11 is 0. The van der Waals surface area contributed by atoms with E-state index >= 15 is 0 Å². The molecule has 0 aliphatic rings. The van der Waals surface area contributed by atoms with Gasteiger partial charge in [0.2, 0.25) is 0 Å². The van der Waals surface area contributed by atoms with E-state index in [1.54, 1.807) is 0 Å².